The number of piperazine rings is 1. The molecule has 20 heavy (non-hydrogen) atoms. The highest BCUT2D eigenvalue weighted by atomic mass is 16.5. The number of hydrogen-bond donors (Lipinski definition) is 1. The lowest BCUT2D eigenvalue weighted by molar-refractivity contribution is -0.134. The molecule has 2 rings (SSSR count). The zero-order valence-electron chi connectivity index (χ0n) is 12.3. The number of hydrogen-bond acceptors (Lipinski definition) is 4. The number of rotatable bonds is 5. The van der Waals surface area contributed by atoms with Gasteiger partial charge in [0, 0.05) is 32.7 Å². The molecule has 1 aromatic carbocycles. The Hall–Kier alpha value is -1.59. The normalized spacial score (nSPS) is 16.2. The summed E-state index contributed by atoms with van der Waals surface area (Å²) in [6.45, 7) is 4.41. The number of carbonyl (C=O) groups is 1. The van der Waals surface area contributed by atoms with Crippen LogP contribution in [0.15, 0.2) is 24.3 Å². The molecule has 0 atom stereocenters. The van der Waals surface area contributed by atoms with Crippen LogP contribution in [0, 0.1) is 0 Å². The molecule has 1 saturated heterocycles. The molecular weight excluding hydrogens is 254 g/mol. The maximum Gasteiger partial charge on any atom is 0.260 e. The van der Waals surface area contributed by atoms with Crippen LogP contribution in [0.2, 0.25) is 0 Å². The quantitative estimate of drug-likeness (QED) is 0.854. The molecule has 1 amide bonds. The van der Waals surface area contributed by atoms with E-state index in [4.69, 9.17) is 4.74 Å². The second kappa shape index (κ2) is 7.26. The smallest absolute Gasteiger partial charge is 0.260 e. The topological polar surface area (TPSA) is 44.8 Å². The summed E-state index contributed by atoms with van der Waals surface area (Å²) >= 11 is 0. The molecule has 1 heterocycles. The highest BCUT2D eigenvalue weighted by molar-refractivity contribution is 5.77. The second-order valence-electron chi connectivity index (χ2n) is 5.15. The van der Waals surface area contributed by atoms with Crippen LogP contribution in [-0.2, 0) is 11.3 Å². The summed E-state index contributed by atoms with van der Waals surface area (Å²) in [6, 6.07) is 7.83. The Balaban J connectivity index is 1.78. The number of nitrogens with one attached hydrogen (secondary N) is 1. The van der Waals surface area contributed by atoms with Gasteiger partial charge < -0.3 is 19.9 Å². The Bertz CT molecular complexity index is 425. The van der Waals surface area contributed by atoms with Crippen molar-refractivity contribution < 1.29 is 9.53 Å². The van der Waals surface area contributed by atoms with Crippen molar-refractivity contribution in [1.29, 1.82) is 0 Å². The summed E-state index contributed by atoms with van der Waals surface area (Å²) in [6.07, 6.45) is 0. The first-order chi connectivity index (χ1) is 9.69. The lowest BCUT2D eigenvalue weighted by atomic mass is 10.2. The van der Waals surface area contributed by atoms with Crippen LogP contribution in [0.4, 0.5) is 0 Å². The summed E-state index contributed by atoms with van der Waals surface area (Å²) < 4.78 is 5.56. The van der Waals surface area contributed by atoms with Gasteiger partial charge in [-0.2, -0.15) is 0 Å². The van der Waals surface area contributed by atoms with E-state index in [1.807, 2.05) is 36.2 Å². The molecule has 1 N–H and O–H groups in total. The first-order valence-corrected chi connectivity index (χ1v) is 7.01. The minimum atomic E-state index is 0.0670. The number of amides is 1. The molecule has 0 unspecified atom stereocenters. The third-order valence-electron chi connectivity index (χ3n) is 3.52. The number of nitrogens with zero attached hydrogens (tertiary/aromatic N) is 2. The third kappa shape index (κ3) is 4.21. The Morgan fingerprint density at radius 3 is 2.45 bits per heavy atom. The van der Waals surface area contributed by atoms with E-state index in [9.17, 15) is 4.79 Å². The molecule has 110 valence electrons. The lowest BCUT2D eigenvalue weighted by Crippen LogP contribution is -2.48. The van der Waals surface area contributed by atoms with Gasteiger partial charge in [0.1, 0.15) is 5.75 Å². The Kier molecular flexibility index (Phi) is 5.38. The maximum atomic E-state index is 12.0. The molecule has 0 radical (unpaired) electrons. The van der Waals surface area contributed by atoms with Crippen molar-refractivity contribution >= 4 is 5.91 Å². The van der Waals surface area contributed by atoms with Gasteiger partial charge in [-0.3, -0.25) is 4.79 Å². The van der Waals surface area contributed by atoms with E-state index in [1.54, 1.807) is 0 Å². The third-order valence-corrected chi connectivity index (χ3v) is 3.52. The van der Waals surface area contributed by atoms with E-state index in [2.05, 4.69) is 17.3 Å². The van der Waals surface area contributed by atoms with E-state index >= 15 is 0 Å². The first-order valence-electron chi connectivity index (χ1n) is 7.01. The average molecular weight is 277 g/mol. The molecule has 1 aliphatic rings. The van der Waals surface area contributed by atoms with Crippen LogP contribution in [-0.4, -0.2) is 62.6 Å². The predicted octanol–water partition coefficient (Wildman–Crippen LogP) is 0.559. The number of benzene rings is 1. The summed E-state index contributed by atoms with van der Waals surface area (Å²) in [7, 11) is 3.99. The van der Waals surface area contributed by atoms with E-state index in [0.29, 0.717) is 0 Å². The largest absolute Gasteiger partial charge is 0.484 e. The van der Waals surface area contributed by atoms with Gasteiger partial charge >= 0.3 is 0 Å². The van der Waals surface area contributed by atoms with E-state index in [-0.39, 0.29) is 12.5 Å². The molecule has 1 aromatic rings. The van der Waals surface area contributed by atoms with Crippen molar-refractivity contribution in [2.24, 2.45) is 0 Å². The van der Waals surface area contributed by atoms with Gasteiger partial charge in [0.25, 0.3) is 5.91 Å². The summed E-state index contributed by atoms with van der Waals surface area (Å²) in [4.78, 5) is 16.1. The number of carbonyl (C=O) groups excluding carboxylic acids is 1. The van der Waals surface area contributed by atoms with Gasteiger partial charge in [-0.1, -0.05) is 12.1 Å². The Labute approximate surface area is 120 Å². The van der Waals surface area contributed by atoms with Crippen molar-refractivity contribution in [3.8, 4) is 5.75 Å². The Morgan fingerprint density at radius 1 is 1.20 bits per heavy atom. The van der Waals surface area contributed by atoms with Crippen LogP contribution < -0.4 is 10.1 Å². The molecule has 1 fully saturated rings. The summed E-state index contributed by atoms with van der Waals surface area (Å²) in [5, 5.41) is 3.09. The minimum Gasteiger partial charge on any atom is -0.484 e. The van der Waals surface area contributed by atoms with E-state index in [1.165, 1.54) is 5.56 Å². The summed E-state index contributed by atoms with van der Waals surface area (Å²) in [5.74, 6) is 0.810. The fourth-order valence-corrected chi connectivity index (χ4v) is 2.20. The highest BCUT2D eigenvalue weighted by Crippen LogP contribution is 2.12. The molecule has 5 nitrogen and oxygen atoms in total. The van der Waals surface area contributed by atoms with Crippen LogP contribution >= 0.6 is 0 Å². The van der Waals surface area contributed by atoms with Gasteiger partial charge in [-0.05, 0) is 31.8 Å². The van der Waals surface area contributed by atoms with E-state index in [0.717, 1.165) is 38.5 Å². The molecule has 5 heteroatoms. The van der Waals surface area contributed by atoms with Crippen molar-refractivity contribution in [2.75, 3.05) is 46.9 Å². The molecule has 1 aliphatic heterocycles. The standard InChI is InChI=1S/C15H23N3O2/c1-16-11-13-3-5-14(6-4-13)20-12-15(19)18-9-7-17(2)8-10-18/h3-6,16H,7-12H2,1-2H3. The molecule has 0 spiro atoms. The van der Waals surface area contributed by atoms with Gasteiger partial charge in [0.05, 0.1) is 0 Å². The summed E-state index contributed by atoms with van der Waals surface area (Å²) in [5.41, 5.74) is 1.20. The average Bonchev–Trinajstić information content (AvgIpc) is 2.47. The van der Waals surface area contributed by atoms with Crippen LogP contribution in [0.1, 0.15) is 5.56 Å². The first kappa shape index (κ1) is 14.8. The molecular formula is C15H23N3O2. The van der Waals surface area contributed by atoms with Crippen molar-refractivity contribution in [3.05, 3.63) is 29.8 Å². The van der Waals surface area contributed by atoms with Crippen molar-refractivity contribution in [2.45, 2.75) is 6.54 Å². The zero-order valence-corrected chi connectivity index (χ0v) is 12.3. The highest BCUT2D eigenvalue weighted by Gasteiger charge is 2.19. The van der Waals surface area contributed by atoms with Crippen molar-refractivity contribution in [3.63, 3.8) is 0 Å². The van der Waals surface area contributed by atoms with Gasteiger partial charge in [-0.25, -0.2) is 0 Å². The fraction of sp³-hybridized carbons (Fsp3) is 0.533. The zero-order chi connectivity index (χ0) is 14.4. The van der Waals surface area contributed by atoms with Crippen molar-refractivity contribution in [1.82, 2.24) is 15.1 Å². The van der Waals surface area contributed by atoms with Crippen LogP contribution in [0.3, 0.4) is 0 Å². The van der Waals surface area contributed by atoms with Gasteiger partial charge in [-0.15, -0.1) is 0 Å². The molecule has 0 bridgehead atoms. The number of ether oxygens (including phenoxy) is 1. The minimum absolute atomic E-state index is 0.0670. The number of likely N-dealkylation sites (N-methyl/N-ethyl adjacent to an activating group) is 1. The molecule has 0 aliphatic carbocycles. The van der Waals surface area contributed by atoms with Crippen LogP contribution in [0.25, 0.3) is 0 Å². The van der Waals surface area contributed by atoms with Crippen LogP contribution in [0.5, 0.6) is 5.75 Å². The molecule has 0 saturated carbocycles. The molecule has 0 aromatic heterocycles. The lowest BCUT2D eigenvalue weighted by Gasteiger charge is -2.32. The SMILES string of the molecule is CNCc1ccc(OCC(=O)N2CCN(C)CC2)cc1. The van der Waals surface area contributed by atoms with Gasteiger partial charge in [0.2, 0.25) is 0 Å². The fourth-order valence-electron chi connectivity index (χ4n) is 2.20. The van der Waals surface area contributed by atoms with Gasteiger partial charge in [0.15, 0.2) is 6.61 Å². The second-order valence-corrected chi connectivity index (χ2v) is 5.15. The maximum absolute atomic E-state index is 12.0. The predicted molar refractivity (Wildman–Crippen MR) is 78.8 cm³/mol. The Morgan fingerprint density at radius 2 is 1.85 bits per heavy atom. The van der Waals surface area contributed by atoms with E-state index < -0.39 is 0 Å². The monoisotopic (exact) mass is 277 g/mol.